The number of benzene rings is 1. The van der Waals surface area contributed by atoms with E-state index in [-0.39, 0.29) is 30.3 Å². The number of nitrogens with one attached hydrogen (secondary N) is 2. The van der Waals surface area contributed by atoms with Gasteiger partial charge < -0.3 is 16.4 Å². The van der Waals surface area contributed by atoms with Gasteiger partial charge in [0.2, 0.25) is 11.8 Å². The molecule has 2 amide bonds. The molecule has 4 N–H and O–H groups in total. The van der Waals surface area contributed by atoms with Crippen LogP contribution >= 0.6 is 0 Å². The summed E-state index contributed by atoms with van der Waals surface area (Å²) in [7, 11) is 0. The third-order valence-electron chi connectivity index (χ3n) is 3.48. The van der Waals surface area contributed by atoms with Gasteiger partial charge in [0.05, 0.1) is 18.6 Å². The molecule has 0 saturated carbocycles. The molecule has 1 aromatic rings. The smallest absolute Gasteiger partial charge is 0.239 e. The van der Waals surface area contributed by atoms with E-state index in [1.165, 1.54) is 0 Å². The van der Waals surface area contributed by atoms with E-state index in [9.17, 15) is 9.59 Å². The minimum atomic E-state index is -0.591. The number of aryl methyl sites for hydroxylation is 1. The van der Waals surface area contributed by atoms with Crippen LogP contribution in [-0.2, 0) is 9.59 Å². The fourth-order valence-electron chi connectivity index (χ4n) is 2.03. The maximum Gasteiger partial charge on any atom is 0.239 e. The Morgan fingerprint density at radius 1 is 1.19 bits per heavy atom. The second-order valence-electron chi connectivity index (χ2n) is 5.63. The normalized spacial score (nSPS) is 13.6. The quantitative estimate of drug-likeness (QED) is 0.738. The van der Waals surface area contributed by atoms with Crippen molar-refractivity contribution >= 4 is 11.8 Å². The number of carbonyl (C=O) groups excluding carboxylic acids is 2. The van der Waals surface area contributed by atoms with E-state index in [1.807, 2.05) is 52.0 Å². The van der Waals surface area contributed by atoms with Crippen molar-refractivity contribution in [1.82, 2.24) is 10.6 Å². The lowest BCUT2D eigenvalue weighted by Crippen LogP contribution is -2.47. The van der Waals surface area contributed by atoms with Gasteiger partial charge in [0.15, 0.2) is 0 Å². The maximum atomic E-state index is 11.9. The lowest BCUT2D eigenvalue weighted by molar-refractivity contribution is -0.127. The summed E-state index contributed by atoms with van der Waals surface area (Å²) in [4.78, 5) is 23.6. The molecule has 1 aromatic carbocycles. The summed E-state index contributed by atoms with van der Waals surface area (Å²) in [6.45, 7) is 7.59. The first-order valence-electron chi connectivity index (χ1n) is 7.21. The Morgan fingerprint density at radius 3 is 2.38 bits per heavy atom. The van der Waals surface area contributed by atoms with Crippen molar-refractivity contribution < 1.29 is 9.59 Å². The molecule has 2 atom stereocenters. The Balaban J connectivity index is 2.48. The molecule has 0 heterocycles. The van der Waals surface area contributed by atoms with Crippen molar-refractivity contribution in [2.45, 2.75) is 39.8 Å². The lowest BCUT2D eigenvalue weighted by atomic mass is 10.0. The van der Waals surface area contributed by atoms with Crippen LogP contribution in [0.3, 0.4) is 0 Å². The fourth-order valence-corrected chi connectivity index (χ4v) is 2.03. The van der Waals surface area contributed by atoms with Crippen molar-refractivity contribution in [2.75, 3.05) is 6.54 Å². The molecule has 0 aromatic heterocycles. The van der Waals surface area contributed by atoms with E-state index in [0.717, 1.165) is 11.1 Å². The lowest BCUT2D eigenvalue weighted by Gasteiger charge is -2.18. The van der Waals surface area contributed by atoms with Crippen molar-refractivity contribution in [2.24, 2.45) is 11.7 Å². The van der Waals surface area contributed by atoms with Crippen LogP contribution in [0.4, 0.5) is 0 Å². The molecule has 0 aliphatic rings. The Bertz CT molecular complexity index is 500. The molecule has 0 radical (unpaired) electrons. The van der Waals surface area contributed by atoms with Gasteiger partial charge in [-0.3, -0.25) is 9.59 Å². The van der Waals surface area contributed by atoms with Gasteiger partial charge in [-0.15, -0.1) is 0 Å². The van der Waals surface area contributed by atoms with E-state index in [1.54, 1.807) is 0 Å². The van der Waals surface area contributed by atoms with Crippen LogP contribution in [0.5, 0.6) is 0 Å². The van der Waals surface area contributed by atoms with Gasteiger partial charge in [0.25, 0.3) is 0 Å². The van der Waals surface area contributed by atoms with Crippen LogP contribution < -0.4 is 16.4 Å². The minimum absolute atomic E-state index is 0.0407. The molecule has 0 unspecified atom stereocenters. The Labute approximate surface area is 126 Å². The van der Waals surface area contributed by atoms with E-state index in [2.05, 4.69) is 10.6 Å². The summed E-state index contributed by atoms with van der Waals surface area (Å²) < 4.78 is 0. The van der Waals surface area contributed by atoms with Gasteiger partial charge >= 0.3 is 0 Å². The predicted molar refractivity (Wildman–Crippen MR) is 83.6 cm³/mol. The topological polar surface area (TPSA) is 84.2 Å². The molecule has 0 bridgehead atoms. The Hall–Kier alpha value is -1.88. The van der Waals surface area contributed by atoms with Crippen LogP contribution in [0.1, 0.15) is 37.9 Å². The first kappa shape index (κ1) is 17.2. The zero-order valence-corrected chi connectivity index (χ0v) is 13.1. The minimum Gasteiger partial charge on any atom is -0.348 e. The van der Waals surface area contributed by atoms with Gasteiger partial charge in [-0.2, -0.15) is 0 Å². The standard InChI is InChI=1S/C16H25N3O2/c1-10(2)15(17)16(21)18-9-14(20)19-12(4)13-8-6-5-7-11(13)3/h5-8,10,12,15H,9,17H2,1-4H3,(H,18,21)(H,19,20)/t12-,15-/m0/s1. The molecule has 0 fully saturated rings. The Morgan fingerprint density at radius 2 is 1.81 bits per heavy atom. The number of rotatable bonds is 6. The monoisotopic (exact) mass is 291 g/mol. The fraction of sp³-hybridized carbons (Fsp3) is 0.500. The maximum absolute atomic E-state index is 11.9. The third kappa shape index (κ3) is 5.19. The van der Waals surface area contributed by atoms with Gasteiger partial charge in [-0.1, -0.05) is 38.1 Å². The molecule has 0 spiro atoms. The summed E-state index contributed by atoms with van der Waals surface area (Å²) in [5.41, 5.74) is 7.90. The first-order valence-corrected chi connectivity index (χ1v) is 7.21. The highest BCUT2D eigenvalue weighted by molar-refractivity contribution is 5.87. The SMILES string of the molecule is Cc1ccccc1[C@H](C)NC(=O)CNC(=O)[C@@H](N)C(C)C. The number of hydrogen-bond donors (Lipinski definition) is 3. The van der Waals surface area contributed by atoms with Crippen LogP contribution in [0.15, 0.2) is 24.3 Å². The Kier molecular flexibility index (Phi) is 6.37. The van der Waals surface area contributed by atoms with E-state index < -0.39 is 6.04 Å². The van der Waals surface area contributed by atoms with Crippen molar-refractivity contribution in [3.8, 4) is 0 Å². The molecule has 1 rings (SSSR count). The molecule has 0 aliphatic carbocycles. The van der Waals surface area contributed by atoms with Gasteiger partial charge in [0, 0.05) is 0 Å². The predicted octanol–water partition coefficient (Wildman–Crippen LogP) is 1.27. The number of hydrogen-bond acceptors (Lipinski definition) is 3. The molecular weight excluding hydrogens is 266 g/mol. The second-order valence-corrected chi connectivity index (χ2v) is 5.63. The van der Waals surface area contributed by atoms with Crippen LogP contribution in [-0.4, -0.2) is 24.4 Å². The van der Waals surface area contributed by atoms with Gasteiger partial charge in [0.1, 0.15) is 0 Å². The van der Waals surface area contributed by atoms with Crippen molar-refractivity contribution in [1.29, 1.82) is 0 Å². The highest BCUT2D eigenvalue weighted by Crippen LogP contribution is 2.16. The molecule has 0 aliphatic heterocycles. The van der Waals surface area contributed by atoms with Gasteiger partial charge in [-0.25, -0.2) is 0 Å². The zero-order chi connectivity index (χ0) is 16.0. The largest absolute Gasteiger partial charge is 0.348 e. The zero-order valence-electron chi connectivity index (χ0n) is 13.1. The molecule has 0 saturated heterocycles. The van der Waals surface area contributed by atoms with E-state index in [0.29, 0.717) is 0 Å². The molecular formula is C16H25N3O2. The molecule has 5 nitrogen and oxygen atoms in total. The molecule has 5 heteroatoms. The van der Waals surface area contributed by atoms with Crippen LogP contribution in [0.25, 0.3) is 0 Å². The van der Waals surface area contributed by atoms with E-state index in [4.69, 9.17) is 5.73 Å². The van der Waals surface area contributed by atoms with Crippen LogP contribution in [0.2, 0.25) is 0 Å². The van der Waals surface area contributed by atoms with E-state index >= 15 is 0 Å². The average Bonchev–Trinajstić information content (AvgIpc) is 2.44. The van der Waals surface area contributed by atoms with Crippen molar-refractivity contribution in [3.63, 3.8) is 0 Å². The molecule has 116 valence electrons. The van der Waals surface area contributed by atoms with Gasteiger partial charge in [-0.05, 0) is 30.9 Å². The third-order valence-corrected chi connectivity index (χ3v) is 3.48. The van der Waals surface area contributed by atoms with Crippen LogP contribution in [0, 0.1) is 12.8 Å². The number of carbonyl (C=O) groups is 2. The average molecular weight is 291 g/mol. The summed E-state index contributed by atoms with van der Waals surface area (Å²) in [6.07, 6.45) is 0. The first-order chi connectivity index (χ1) is 9.82. The molecule has 21 heavy (non-hydrogen) atoms. The highest BCUT2D eigenvalue weighted by Gasteiger charge is 2.18. The summed E-state index contributed by atoms with van der Waals surface area (Å²) in [5.74, 6) is -0.488. The summed E-state index contributed by atoms with van der Waals surface area (Å²) in [5, 5.41) is 5.43. The number of nitrogens with two attached hydrogens (primary N) is 1. The number of amides is 2. The summed E-state index contributed by atoms with van der Waals surface area (Å²) >= 11 is 0. The van der Waals surface area contributed by atoms with Crippen molar-refractivity contribution in [3.05, 3.63) is 35.4 Å². The second kappa shape index (κ2) is 7.78. The highest BCUT2D eigenvalue weighted by atomic mass is 16.2. The summed E-state index contributed by atoms with van der Waals surface area (Å²) in [6, 6.07) is 7.19.